The SMILES string of the molecule is CN(Cc1cc(F)c(F)c(F)c1)c1cc([N+](=O)[O-])ccc1S(N)(=O)=O. The van der Waals surface area contributed by atoms with Crippen LogP contribution in [0.25, 0.3) is 0 Å². The number of halogens is 3. The molecule has 134 valence electrons. The largest absolute Gasteiger partial charge is 0.369 e. The number of hydrogen-bond donors (Lipinski definition) is 1. The van der Waals surface area contributed by atoms with Gasteiger partial charge in [0.15, 0.2) is 17.5 Å². The fourth-order valence-corrected chi connectivity index (χ4v) is 2.98. The van der Waals surface area contributed by atoms with Gasteiger partial charge in [0.2, 0.25) is 10.0 Å². The standard InChI is InChI=1S/C14H12F3N3O4S/c1-19(7-8-4-10(15)14(17)11(16)5-8)12-6-9(20(21)22)2-3-13(12)25(18,23)24/h2-6H,7H2,1H3,(H2,18,23,24). The molecule has 0 unspecified atom stereocenters. The number of sulfonamides is 1. The van der Waals surface area contributed by atoms with Gasteiger partial charge in [-0.25, -0.2) is 26.7 Å². The Morgan fingerprint density at radius 2 is 1.72 bits per heavy atom. The first-order valence-corrected chi connectivity index (χ1v) is 8.21. The number of primary sulfonamides is 1. The molecule has 0 aliphatic rings. The van der Waals surface area contributed by atoms with Crippen molar-refractivity contribution in [2.24, 2.45) is 5.14 Å². The summed E-state index contributed by atoms with van der Waals surface area (Å²) >= 11 is 0. The zero-order valence-corrected chi connectivity index (χ0v) is 13.6. The van der Waals surface area contributed by atoms with Crippen molar-refractivity contribution in [3.63, 3.8) is 0 Å². The van der Waals surface area contributed by atoms with Crippen LogP contribution in [0.4, 0.5) is 24.5 Å². The summed E-state index contributed by atoms with van der Waals surface area (Å²) in [6.07, 6.45) is 0. The van der Waals surface area contributed by atoms with E-state index in [1.54, 1.807) is 0 Å². The molecule has 2 aromatic carbocycles. The molecular weight excluding hydrogens is 363 g/mol. The molecule has 0 atom stereocenters. The highest BCUT2D eigenvalue weighted by molar-refractivity contribution is 7.89. The van der Waals surface area contributed by atoms with Crippen molar-refractivity contribution in [2.45, 2.75) is 11.4 Å². The van der Waals surface area contributed by atoms with Crippen molar-refractivity contribution in [3.8, 4) is 0 Å². The summed E-state index contributed by atoms with van der Waals surface area (Å²) in [6, 6.07) is 4.38. The van der Waals surface area contributed by atoms with Crippen molar-refractivity contribution in [2.75, 3.05) is 11.9 Å². The van der Waals surface area contributed by atoms with Crippen molar-refractivity contribution in [1.82, 2.24) is 0 Å². The minimum absolute atomic E-state index is 0.00854. The fourth-order valence-electron chi connectivity index (χ4n) is 2.22. The van der Waals surface area contributed by atoms with Gasteiger partial charge in [0.05, 0.1) is 10.6 Å². The maximum atomic E-state index is 13.3. The second-order valence-electron chi connectivity index (χ2n) is 5.18. The quantitative estimate of drug-likeness (QED) is 0.490. The normalized spacial score (nSPS) is 11.4. The molecule has 7 nitrogen and oxygen atoms in total. The lowest BCUT2D eigenvalue weighted by Gasteiger charge is -2.21. The first-order valence-electron chi connectivity index (χ1n) is 6.66. The van der Waals surface area contributed by atoms with E-state index < -0.39 is 43.0 Å². The lowest BCUT2D eigenvalue weighted by molar-refractivity contribution is -0.384. The van der Waals surface area contributed by atoms with E-state index in [1.807, 2.05) is 0 Å². The van der Waals surface area contributed by atoms with Gasteiger partial charge < -0.3 is 4.90 Å². The van der Waals surface area contributed by atoms with Gasteiger partial charge in [0, 0.05) is 25.7 Å². The van der Waals surface area contributed by atoms with Crippen LogP contribution >= 0.6 is 0 Å². The van der Waals surface area contributed by atoms with Crippen LogP contribution in [0.15, 0.2) is 35.2 Å². The molecular formula is C14H12F3N3O4S. The molecule has 0 aliphatic carbocycles. The van der Waals surface area contributed by atoms with Crippen molar-refractivity contribution in [3.05, 3.63) is 63.5 Å². The Bertz CT molecular complexity index is 927. The van der Waals surface area contributed by atoms with E-state index in [4.69, 9.17) is 5.14 Å². The van der Waals surface area contributed by atoms with Gasteiger partial charge in [0.25, 0.3) is 5.69 Å². The third kappa shape index (κ3) is 4.06. The zero-order valence-electron chi connectivity index (χ0n) is 12.7. The number of hydrogen-bond acceptors (Lipinski definition) is 5. The van der Waals surface area contributed by atoms with Crippen molar-refractivity contribution in [1.29, 1.82) is 0 Å². The Labute approximate surface area is 140 Å². The van der Waals surface area contributed by atoms with E-state index in [0.717, 1.165) is 30.3 Å². The van der Waals surface area contributed by atoms with Gasteiger partial charge in [-0.2, -0.15) is 0 Å². The molecule has 0 amide bonds. The number of rotatable bonds is 5. The molecule has 0 radical (unpaired) electrons. The van der Waals surface area contributed by atoms with Gasteiger partial charge >= 0.3 is 0 Å². The van der Waals surface area contributed by atoms with Crippen LogP contribution in [0, 0.1) is 27.6 Å². The second kappa shape index (κ2) is 6.69. The van der Waals surface area contributed by atoms with E-state index in [2.05, 4.69) is 0 Å². The third-order valence-electron chi connectivity index (χ3n) is 3.33. The molecule has 0 heterocycles. The molecule has 0 aromatic heterocycles. The summed E-state index contributed by atoms with van der Waals surface area (Å²) in [5, 5.41) is 16.0. The first kappa shape index (κ1) is 18.7. The van der Waals surface area contributed by atoms with E-state index in [-0.39, 0.29) is 17.8 Å². The van der Waals surface area contributed by atoms with E-state index in [9.17, 15) is 31.7 Å². The Hall–Kier alpha value is -2.66. The molecule has 25 heavy (non-hydrogen) atoms. The van der Waals surface area contributed by atoms with Crippen LogP contribution in [-0.2, 0) is 16.6 Å². The summed E-state index contributed by atoms with van der Waals surface area (Å²) < 4.78 is 62.9. The average Bonchev–Trinajstić information content (AvgIpc) is 2.50. The monoisotopic (exact) mass is 375 g/mol. The molecule has 2 N–H and O–H groups in total. The van der Waals surface area contributed by atoms with E-state index in [1.165, 1.54) is 11.9 Å². The summed E-state index contributed by atoms with van der Waals surface area (Å²) in [5.74, 6) is -4.45. The number of non-ortho nitro benzene ring substituents is 1. The highest BCUT2D eigenvalue weighted by atomic mass is 32.2. The van der Waals surface area contributed by atoms with Gasteiger partial charge in [-0.05, 0) is 23.8 Å². The molecule has 0 fully saturated rings. The molecule has 0 aliphatic heterocycles. The van der Waals surface area contributed by atoms with Crippen LogP contribution in [0.2, 0.25) is 0 Å². The molecule has 0 spiro atoms. The summed E-state index contributed by atoms with van der Waals surface area (Å²) in [5.41, 5.74) is -0.543. The molecule has 11 heteroatoms. The van der Waals surface area contributed by atoms with Gasteiger partial charge in [-0.3, -0.25) is 10.1 Å². The Kier molecular flexibility index (Phi) is 4.99. The predicted octanol–water partition coefficient (Wildman–Crippen LogP) is 2.30. The highest BCUT2D eigenvalue weighted by Gasteiger charge is 2.21. The molecule has 0 saturated carbocycles. The topological polar surface area (TPSA) is 107 Å². The highest BCUT2D eigenvalue weighted by Crippen LogP contribution is 2.29. The molecule has 0 bridgehead atoms. The Balaban J connectivity index is 2.49. The number of nitrogens with zero attached hydrogens (tertiary/aromatic N) is 2. The molecule has 2 rings (SSSR count). The first-order chi connectivity index (χ1) is 11.5. The zero-order chi connectivity index (χ0) is 18.9. The third-order valence-corrected chi connectivity index (χ3v) is 4.29. The van der Waals surface area contributed by atoms with Crippen molar-refractivity contribution >= 4 is 21.4 Å². The smallest absolute Gasteiger partial charge is 0.271 e. The van der Waals surface area contributed by atoms with Crippen LogP contribution in [-0.4, -0.2) is 20.4 Å². The fraction of sp³-hybridized carbons (Fsp3) is 0.143. The van der Waals surface area contributed by atoms with Gasteiger partial charge in [0.1, 0.15) is 4.90 Å². The van der Waals surface area contributed by atoms with Gasteiger partial charge in [-0.1, -0.05) is 0 Å². The number of nitrogens with two attached hydrogens (primary N) is 1. The maximum absolute atomic E-state index is 13.3. The minimum Gasteiger partial charge on any atom is -0.369 e. The van der Waals surface area contributed by atoms with Crippen LogP contribution in [0.5, 0.6) is 0 Å². The maximum Gasteiger partial charge on any atom is 0.271 e. The Morgan fingerprint density at radius 1 is 1.16 bits per heavy atom. The number of anilines is 1. The minimum atomic E-state index is -4.21. The summed E-state index contributed by atoms with van der Waals surface area (Å²) in [7, 11) is -2.87. The number of benzene rings is 2. The second-order valence-corrected chi connectivity index (χ2v) is 6.71. The summed E-state index contributed by atoms with van der Waals surface area (Å²) in [6.45, 7) is -0.252. The van der Waals surface area contributed by atoms with Crippen LogP contribution < -0.4 is 10.0 Å². The summed E-state index contributed by atoms with van der Waals surface area (Å²) in [4.78, 5) is 10.9. The molecule has 0 saturated heterocycles. The van der Waals surface area contributed by atoms with E-state index >= 15 is 0 Å². The lowest BCUT2D eigenvalue weighted by atomic mass is 10.1. The predicted molar refractivity (Wildman–Crippen MR) is 82.9 cm³/mol. The van der Waals surface area contributed by atoms with E-state index in [0.29, 0.717) is 0 Å². The van der Waals surface area contributed by atoms with Crippen LogP contribution in [0.3, 0.4) is 0 Å². The number of nitro groups is 1. The molecule has 2 aromatic rings. The van der Waals surface area contributed by atoms with Gasteiger partial charge in [-0.15, -0.1) is 0 Å². The van der Waals surface area contributed by atoms with Crippen molar-refractivity contribution < 1.29 is 26.5 Å². The number of nitro benzene ring substituents is 1. The Morgan fingerprint density at radius 3 is 2.20 bits per heavy atom. The van der Waals surface area contributed by atoms with Crippen LogP contribution in [0.1, 0.15) is 5.56 Å². The average molecular weight is 375 g/mol. The lowest BCUT2D eigenvalue weighted by Crippen LogP contribution is -2.22.